The van der Waals surface area contributed by atoms with Crippen molar-refractivity contribution in [3.63, 3.8) is 0 Å². The third kappa shape index (κ3) is 2.76. The Kier molecular flexibility index (Phi) is 3.34. The van der Waals surface area contributed by atoms with Crippen LogP contribution in [0.2, 0.25) is 5.02 Å². The summed E-state index contributed by atoms with van der Waals surface area (Å²) in [6.07, 6.45) is 1.66. The van der Waals surface area contributed by atoms with Gasteiger partial charge >= 0.3 is 0 Å². The first-order chi connectivity index (χ1) is 7.25. The molecule has 0 unspecified atom stereocenters. The molecule has 0 aliphatic heterocycles. The molecule has 15 heavy (non-hydrogen) atoms. The third-order valence-electron chi connectivity index (χ3n) is 1.96. The zero-order valence-electron chi connectivity index (χ0n) is 7.84. The van der Waals surface area contributed by atoms with Crippen molar-refractivity contribution in [1.82, 2.24) is 0 Å². The number of benzene rings is 1. The molecule has 0 radical (unpaired) electrons. The van der Waals surface area contributed by atoms with Crippen LogP contribution in [0, 0.1) is 0 Å². The van der Waals surface area contributed by atoms with E-state index in [0.29, 0.717) is 11.6 Å². The Labute approximate surface area is 101 Å². The maximum Gasteiger partial charge on any atom is 0.122 e. The maximum absolute atomic E-state index is 5.89. The van der Waals surface area contributed by atoms with Gasteiger partial charge in [-0.2, -0.15) is 0 Å². The van der Waals surface area contributed by atoms with Crippen LogP contribution in [0.3, 0.4) is 0 Å². The monoisotopic (exact) mass is 285 g/mol. The molecule has 2 rings (SSSR count). The van der Waals surface area contributed by atoms with Gasteiger partial charge < -0.3 is 9.73 Å². The van der Waals surface area contributed by atoms with Crippen molar-refractivity contribution in [3.8, 4) is 0 Å². The Morgan fingerprint density at radius 1 is 1.33 bits per heavy atom. The smallest absolute Gasteiger partial charge is 0.122 e. The Bertz CT molecular complexity index is 442. The molecule has 4 heteroatoms. The van der Waals surface area contributed by atoms with Crippen LogP contribution in [0.15, 0.2) is 45.5 Å². The lowest BCUT2D eigenvalue weighted by Crippen LogP contribution is -1.98. The summed E-state index contributed by atoms with van der Waals surface area (Å²) < 4.78 is 6.20. The Balaban J connectivity index is 2.07. The first-order valence-corrected chi connectivity index (χ1v) is 5.64. The molecule has 2 aromatic rings. The van der Waals surface area contributed by atoms with Crippen LogP contribution >= 0.6 is 27.5 Å². The molecular weight excluding hydrogens is 277 g/mol. The zero-order valence-corrected chi connectivity index (χ0v) is 10.2. The van der Waals surface area contributed by atoms with E-state index < -0.39 is 0 Å². The van der Waals surface area contributed by atoms with Gasteiger partial charge in [0.15, 0.2) is 0 Å². The predicted molar refractivity (Wildman–Crippen MR) is 65.2 cm³/mol. The zero-order chi connectivity index (χ0) is 10.7. The normalized spacial score (nSPS) is 10.3. The van der Waals surface area contributed by atoms with Gasteiger partial charge in [0.25, 0.3) is 0 Å². The molecule has 0 spiro atoms. The van der Waals surface area contributed by atoms with E-state index >= 15 is 0 Å². The quantitative estimate of drug-likeness (QED) is 0.909. The highest BCUT2D eigenvalue weighted by atomic mass is 79.9. The molecule has 1 aromatic carbocycles. The van der Waals surface area contributed by atoms with E-state index in [2.05, 4.69) is 21.2 Å². The molecule has 0 fully saturated rings. The Morgan fingerprint density at radius 2 is 2.20 bits per heavy atom. The number of rotatable bonds is 3. The van der Waals surface area contributed by atoms with Gasteiger partial charge in [-0.05, 0) is 46.3 Å². The van der Waals surface area contributed by atoms with Crippen LogP contribution in [0.25, 0.3) is 0 Å². The van der Waals surface area contributed by atoms with E-state index in [1.54, 1.807) is 6.26 Å². The summed E-state index contributed by atoms with van der Waals surface area (Å²) in [5, 5.41) is 3.94. The second-order valence-electron chi connectivity index (χ2n) is 3.06. The highest BCUT2D eigenvalue weighted by Gasteiger charge is 2.01. The van der Waals surface area contributed by atoms with Gasteiger partial charge in [0, 0.05) is 9.50 Å². The van der Waals surface area contributed by atoms with Crippen molar-refractivity contribution in [2.45, 2.75) is 6.54 Å². The van der Waals surface area contributed by atoms with Gasteiger partial charge in [0.05, 0.1) is 18.5 Å². The summed E-state index contributed by atoms with van der Waals surface area (Å²) >= 11 is 9.34. The van der Waals surface area contributed by atoms with Gasteiger partial charge in [-0.1, -0.05) is 11.6 Å². The number of halogens is 2. The molecular formula is C11H9BrClNO. The second kappa shape index (κ2) is 4.73. The van der Waals surface area contributed by atoms with Crippen LogP contribution in [0.4, 0.5) is 5.69 Å². The summed E-state index contributed by atoms with van der Waals surface area (Å²) in [6, 6.07) is 9.40. The summed E-state index contributed by atoms with van der Waals surface area (Å²) in [5.41, 5.74) is 0.957. The van der Waals surface area contributed by atoms with Crippen LogP contribution in [-0.2, 0) is 6.54 Å². The van der Waals surface area contributed by atoms with Gasteiger partial charge in [0.1, 0.15) is 5.76 Å². The lowest BCUT2D eigenvalue weighted by Gasteiger charge is -2.07. The summed E-state index contributed by atoms with van der Waals surface area (Å²) in [5.74, 6) is 0.891. The lowest BCUT2D eigenvalue weighted by atomic mass is 10.3. The van der Waals surface area contributed by atoms with Crippen LogP contribution in [-0.4, -0.2) is 0 Å². The molecule has 2 nitrogen and oxygen atoms in total. The minimum atomic E-state index is 0.645. The van der Waals surface area contributed by atoms with Crippen molar-refractivity contribution in [3.05, 3.63) is 51.9 Å². The molecule has 0 aliphatic rings. The number of furan rings is 1. The number of anilines is 1. The highest BCUT2D eigenvalue weighted by Crippen LogP contribution is 2.26. The molecule has 1 heterocycles. The highest BCUT2D eigenvalue weighted by molar-refractivity contribution is 9.10. The maximum atomic E-state index is 5.89. The van der Waals surface area contributed by atoms with Crippen LogP contribution in [0.5, 0.6) is 0 Å². The third-order valence-corrected chi connectivity index (χ3v) is 2.89. The number of hydrogen-bond acceptors (Lipinski definition) is 2. The van der Waals surface area contributed by atoms with Crippen LogP contribution < -0.4 is 5.32 Å². The van der Waals surface area contributed by atoms with E-state index in [4.69, 9.17) is 16.0 Å². The van der Waals surface area contributed by atoms with E-state index in [0.717, 1.165) is 15.9 Å². The summed E-state index contributed by atoms with van der Waals surface area (Å²) in [4.78, 5) is 0. The van der Waals surface area contributed by atoms with Gasteiger partial charge in [0.2, 0.25) is 0 Å². The summed E-state index contributed by atoms with van der Waals surface area (Å²) in [7, 11) is 0. The Hall–Kier alpha value is -0.930. The van der Waals surface area contributed by atoms with Crippen molar-refractivity contribution in [2.24, 2.45) is 0 Å². The van der Waals surface area contributed by atoms with Crippen LogP contribution in [0.1, 0.15) is 5.76 Å². The Morgan fingerprint density at radius 3 is 2.93 bits per heavy atom. The SMILES string of the molecule is Clc1ccc(Br)c(NCc2ccco2)c1. The van der Waals surface area contributed by atoms with E-state index in [9.17, 15) is 0 Å². The standard InChI is InChI=1S/C11H9BrClNO/c12-10-4-3-8(13)6-11(10)14-7-9-2-1-5-15-9/h1-6,14H,7H2. The van der Waals surface area contributed by atoms with Gasteiger partial charge in [-0.25, -0.2) is 0 Å². The van der Waals surface area contributed by atoms with Crippen molar-refractivity contribution < 1.29 is 4.42 Å². The fourth-order valence-electron chi connectivity index (χ4n) is 1.23. The molecule has 0 saturated heterocycles. The van der Waals surface area contributed by atoms with Gasteiger partial charge in [-0.15, -0.1) is 0 Å². The molecule has 0 bridgehead atoms. The number of nitrogens with one attached hydrogen (secondary N) is 1. The average molecular weight is 287 g/mol. The molecule has 1 aromatic heterocycles. The molecule has 0 aliphatic carbocycles. The number of hydrogen-bond donors (Lipinski definition) is 1. The van der Waals surface area contributed by atoms with E-state index in [-0.39, 0.29) is 0 Å². The first-order valence-electron chi connectivity index (χ1n) is 4.47. The van der Waals surface area contributed by atoms with E-state index in [1.807, 2.05) is 30.3 Å². The van der Waals surface area contributed by atoms with Crippen molar-refractivity contribution in [1.29, 1.82) is 0 Å². The molecule has 0 amide bonds. The summed E-state index contributed by atoms with van der Waals surface area (Å²) in [6.45, 7) is 0.645. The van der Waals surface area contributed by atoms with Crippen molar-refractivity contribution >= 4 is 33.2 Å². The van der Waals surface area contributed by atoms with Crippen molar-refractivity contribution in [2.75, 3.05) is 5.32 Å². The minimum absolute atomic E-state index is 0.645. The second-order valence-corrected chi connectivity index (χ2v) is 4.35. The largest absolute Gasteiger partial charge is 0.467 e. The minimum Gasteiger partial charge on any atom is -0.467 e. The first kappa shape index (κ1) is 10.6. The molecule has 0 atom stereocenters. The molecule has 78 valence electrons. The fraction of sp³-hybridized carbons (Fsp3) is 0.0909. The topological polar surface area (TPSA) is 25.2 Å². The van der Waals surface area contributed by atoms with Gasteiger partial charge in [-0.3, -0.25) is 0 Å². The predicted octanol–water partition coefficient (Wildman–Crippen LogP) is 4.31. The fourth-order valence-corrected chi connectivity index (χ4v) is 1.79. The molecule has 1 N–H and O–H groups in total. The molecule has 0 saturated carbocycles. The van der Waals surface area contributed by atoms with E-state index in [1.165, 1.54) is 0 Å². The lowest BCUT2D eigenvalue weighted by molar-refractivity contribution is 0.518. The average Bonchev–Trinajstić information content (AvgIpc) is 2.72.